The largest absolute Gasteiger partial charge is 0.416 e. The predicted octanol–water partition coefficient (Wildman–Crippen LogP) is 3.98. The number of halogens is 3. The molecule has 0 saturated heterocycles. The second-order valence-corrected chi connectivity index (χ2v) is 8.52. The molecular formula is C21H23F3N2O3S. The van der Waals surface area contributed by atoms with E-state index in [1.54, 1.807) is 6.07 Å². The van der Waals surface area contributed by atoms with Gasteiger partial charge in [-0.15, -0.1) is 0 Å². The summed E-state index contributed by atoms with van der Waals surface area (Å²) in [7, 11) is -2.52. The Kier molecular flexibility index (Phi) is 6.40. The molecular weight excluding hydrogens is 417 g/mol. The van der Waals surface area contributed by atoms with Crippen molar-refractivity contribution in [2.45, 2.75) is 38.4 Å². The van der Waals surface area contributed by atoms with Crippen LogP contribution in [0.4, 0.5) is 18.9 Å². The molecule has 0 aromatic heterocycles. The average molecular weight is 440 g/mol. The number of rotatable bonds is 7. The second kappa shape index (κ2) is 8.67. The molecule has 9 heteroatoms. The van der Waals surface area contributed by atoms with Gasteiger partial charge in [-0.2, -0.15) is 13.2 Å². The lowest BCUT2D eigenvalue weighted by molar-refractivity contribution is -0.137. The SMILES string of the molecule is Cc1cc([C@@H](C)NC(=O)C2CC2c2ccc(C(F)(F)F)cc2)ccc1NC[SH](=O)=O. The Balaban J connectivity index is 1.58. The fourth-order valence-electron chi connectivity index (χ4n) is 3.48. The van der Waals surface area contributed by atoms with Gasteiger partial charge in [0.1, 0.15) is 5.88 Å². The maximum Gasteiger partial charge on any atom is 0.416 e. The summed E-state index contributed by atoms with van der Waals surface area (Å²) in [6.45, 7) is 3.70. The molecule has 2 aromatic carbocycles. The van der Waals surface area contributed by atoms with Crippen molar-refractivity contribution in [2.24, 2.45) is 5.92 Å². The van der Waals surface area contributed by atoms with Gasteiger partial charge in [-0.3, -0.25) is 4.79 Å². The van der Waals surface area contributed by atoms with Crippen molar-refractivity contribution in [1.82, 2.24) is 5.32 Å². The van der Waals surface area contributed by atoms with Crippen molar-refractivity contribution in [1.29, 1.82) is 0 Å². The van der Waals surface area contributed by atoms with Gasteiger partial charge in [0.25, 0.3) is 0 Å². The zero-order valence-electron chi connectivity index (χ0n) is 16.5. The van der Waals surface area contributed by atoms with Crippen molar-refractivity contribution in [2.75, 3.05) is 11.2 Å². The fourth-order valence-corrected chi connectivity index (χ4v) is 3.78. The lowest BCUT2D eigenvalue weighted by atomic mass is 10.0. The van der Waals surface area contributed by atoms with Gasteiger partial charge < -0.3 is 10.6 Å². The van der Waals surface area contributed by atoms with E-state index in [0.717, 1.165) is 28.8 Å². The first-order valence-electron chi connectivity index (χ1n) is 9.50. The van der Waals surface area contributed by atoms with Crippen LogP contribution in [-0.4, -0.2) is 20.2 Å². The number of alkyl halides is 3. The summed E-state index contributed by atoms with van der Waals surface area (Å²) in [5.74, 6) is -0.591. The Labute approximate surface area is 174 Å². The lowest BCUT2D eigenvalue weighted by Gasteiger charge is -2.17. The Morgan fingerprint density at radius 2 is 1.83 bits per heavy atom. The molecule has 3 atom stereocenters. The number of benzene rings is 2. The quantitative estimate of drug-likeness (QED) is 0.570. The van der Waals surface area contributed by atoms with E-state index in [9.17, 15) is 26.4 Å². The molecule has 5 nitrogen and oxygen atoms in total. The summed E-state index contributed by atoms with van der Waals surface area (Å²) in [5.41, 5.74) is 2.49. The summed E-state index contributed by atoms with van der Waals surface area (Å²) < 4.78 is 59.5. The molecule has 1 saturated carbocycles. The molecule has 1 fully saturated rings. The van der Waals surface area contributed by atoms with Crippen molar-refractivity contribution in [3.8, 4) is 0 Å². The average Bonchev–Trinajstić information content (AvgIpc) is 3.47. The predicted molar refractivity (Wildman–Crippen MR) is 109 cm³/mol. The Bertz CT molecular complexity index is 996. The van der Waals surface area contributed by atoms with Gasteiger partial charge in [0.05, 0.1) is 11.6 Å². The third-order valence-corrected chi connectivity index (χ3v) is 5.72. The van der Waals surface area contributed by atoms with E-state index in [2.05, 4.69) is 10.6 Å². The van der Waals surface area contributed by atoms with Crippen molar-refractivity contribution in [3.63, 3.8) is 0 Å². The highest BCUT2D eigenvalue weighted by Crippen LogP contribution is 2.48. The molecule has 2 aromatic rings. The normalized spacial score (nSPS) is 19.4. The van der Waals surface area contributed by atoms with E-state index < -0.39 is 22.4 Å². The first-order valence-corrected chi connectivity index (χ1v) is 10.9. The molecule has 2 unspecified atom stereocenters. The molecule has 0 aliphatic heterocycles. The van der Waals surface area contributed by atoms with Gasteiger partial charge in [0.2, 0.25) is 5.91 Å². The van der Waals surface area contributed by atoms with Crippen molar-refractivity contribution < 1.29 is 26.4 Å². The number of carbonyl (C=O) groups is 1. The molecule has 0 bridgehead atoms. The number of aryl methyl sites for hydroxylation is 1. The Morgan fingerprint density at radius 3 is 2.40 bits per heavy atom. The van der Waals surface area contributed by atoms with Gasteiger partial charge in [-0.05, 0) is 61.1 Å². The zero-order chi connectivity index (χ0) is 22.1. The van der Waals surface area contributed by atoms with Crippen LogP contribution in [0, 0.1) is 12.8 Å². The van der Waals surface area contributed by atoms with Crippen LogP contribution in [0.2, 0.25) is 0 Å². The minimum atomic E-state index is -4.37. The first kappa shape index (κ1) is 22.1. The van der Waals surface area contributed by atoms with Crippen LogP contribution < -0.4 is 10.6 Å². The Hall–Kier alpha value is -2.55. The molecule has 1 aliphatic carbocycles. The van der Waals surface area contributed by atoms with E-state index >= 15 is 0 Å². The second-order valence-electron chi connectivity index (χ2n) is 7.54. The van der Waals surface area contributed by atoms with Crippen LogP contribution in [0.3, 0.4) is 0 Å². The zero-order valence-corrected chi connectivity index (χ0v) is 17.4. The minimum absolute atomic E-state index is 0.0677. The molecule has 30 heavy (non-hydrogen) atoms. The number of thiol groups is 1. The van der Waals surface area contributed by atoms with Gasteiger partial charge in [0.15, 0.2) is 10.7 Å². The Morgan fingerprint density at radius 1 is 1.17 bits per heavy atom. The lowest BCUT2D eigenvalue weighted by Crippen LogP contribution is -2.28. The molecule has 1 amide bonds. The number of hydrogen-bond acceptors (Lipinski definition) is 4. The standard InChI is InChI=1S/C21H23F3N2O3S/c1-12-9-15(5-8-19(12)25-11-30(28)29)13(2)26-20(27)18-10-17(18)14-3-6-16(7-4-14)21(22,23)24/h3-9,13,17-18,25,30H,10-11H2,1-2H3,(H,26,27)/t13-,17?,18?/m1/s1. The van der Waals surface area contributed by atoms with Gasteiger partial charge in [-0.25, -0.2) is 8.42 Å². The fraction of sp³-hybridized carbons (Fsp3) is 0.381. The van der Waals surface area contributed by atoms with Crippen molar-refractivity contribution >= 4 is 22.3 Å². The minimum Gasteiger partial charge on any atom is -0.372 e. The third kappa shape index (κ3) is 5.33. The monoisotopic (exact) mass is 440 g/mol. The summed E-state index contributed by atoms with van der Waals surface area (Å²) in [5, 5.41) is 5.79. The van der Waals surface area contributed by atoms with Gasteiger partial charge in [0, 0.05) is 11.6 Å². The van der Waals surface area contributed by atoms with Crippen LogP contribution in [0.5, 0.6) is 0 Å². The smallest absolute Gasteiger partial charge is 0.372 e. The van der Waals surface area contributed by atoms with Crippen LogP contribution >= 0.6 is 0 Å². The molecule has 0 radical (unpaired) electrons. The molecule has 0 spiro atoms. The number of nitrogens with one attached hydrogen (secondary N) is 2. The van der Waals surface area contributed by atoms with Crippen molar-refractivity contribution in [3.05, 3.63) is 64.7 Å². The van der Waals surface area contributed by atoms with E-state index in [4.69, 9.17) is 0 Å². The highest BCUT2D eigenvalue weighted by atomic mass is 32.2. The molecule has 162 valence electrons. The molecule has 3 rings (SSSR count). The summed E-state index contributed by atoms with van der Waals surface area (Å²) in [4.78, 5) is 12.6. The van der Waals surface area contributed by atoms with Gasteiger partial charge in [-0.1, -0.05) is 24.3 Å². The topological polar surface area (TPSA) is 75.3 Å². The highest BCUT2D eigenvalue weighted by Gasteiger charge is 2.44. The molecule has 1 aliphatic rings. The molecule has 0 heterocycles. The number of anilines is 1. The maximum atomic E-state index is 12.7. The van der Waals surface area contributed by atoms with Crippen LogP contribution in [0.25, 0.3) is 0 Å². The maximum absolute atomic E-state index is 12.7. The number of amides is 1. The van der Waals surface area contributed by atoms with Crippen LogP contribution in [-0.2, 0) is 21.7 Å². The number of hydrogen-bond donors (Lipinski definition) is 3. The van der Waals surface area contributed by atoms with Crippen LogP contribution in [0.1, 0.15) is 47.6 Å². The highest BCUT2D eigenvalue weighted by molar-refractivity contribution is 7.72. The summed E-state index contributed by atoms with van der Waals surface area (Å²) >= 11 is 0. The van der Waals surface area contributed by atoms with Gasteiger partial charge >= 0.3 is 6.18 Å². The number of carbonyl (C=O) groups excluding carboxylic acids is 1. The van der Waals surface area contributed by atoms with E-state index in [-0.39, 0.29) is 29.7 Å². The van der Waals surface area contributed by atoms with Crippen LogP contribution in [0.15, 0.2) is 42.5 Å². The third-order valence-electron chi connectivity index (χ3n) is 5.30. The summed E-state index contributed by atoms with van der Waals surface area (Å²) in [6.07, 6.45) is -3.76. The van der Waals surface area contributed by atoms with E-state index in [1.165, 1.54) is 12.1 Å². The van der Waals surface area contributed by atoms with E-state index in [0.29, 0.717) is 12.1 Å². The first-order chi connectivity index (χ1) is 14.1. The van der Waals surface area contributed by atoms with E-state index in [1.807, 2.05) is 26.0 Å². The molecule has 2 N–H and O–H groups in total. The summed E-state index contributed by atoms with van der Waals surface area (Å²) in [6, 6.07) is 10.2.